The molecule has 0 fully saturated rings. The Morgan fingerprint density at radius 3 is 1.90 bits per heavy atom. The van der Waals surface area contributed by atoms with Crippen molar-refractivity contribution in [2.45, 2.75) is 52.7 Å². The van der Waals surface area contributed by atoms with Gasteiger partial charge in [-0.25, -0.2) is 4.79 Å². The van der Waals surface area contributed by atoms with Gasteiger partial charge in [0.05, 0.1) is 0 Å². The Balaban J connectivity index is 2.66. The fourth-order valence-electron chi connectivity index (χ4n) is 1.54. The van der Waals surface area contributed by atoms with Crippen LogP contribution in [-0.4, -0.2) is 23.1 Å². The van der Waals surface area contributed by atoms with E-state index in [2.05, 4.69) is 10.6 Å². The number of rotatable bonds is 2. The second-order valence-electron chi connectivity index (χ2n) is 6.91. The highest BCUT2D eigenvalue weighted by Crippen LogP contribution is 2.13. The van der Waals surface area contributed by atoms with E-state index in [1.807, 2.05) is 20.8 Å². The Bertz CT molecular complexity index is 508. The van der Waals surface area contributed by atoms with E-state index in [0.29, 0.717) is 11.3 Å². The molecule has 0 aliphatic rings. The van der Waals surface area contributed by atoms with Crippen molar-refractivity contribution < 1.29 is 14.3 Å². The molecular formula is C16H24N2O3. The van der Waals surface area contributed by atoms with Gasteiger partial charge < -0.3 is 10.1 Å². The molecule has 0 radical (unpaired) electrons. The molecule has 1 rings (SSSR count). The normalized spacial score (nSPS) is 11.7. The third-order valence-electron chi connectivity index (χ3n) is 2.28. The molecule has 0 aliphatic heterocycles. The largest absolute Gasteiger partial charge is 0.444 e. The highest BCUT2D eigenvalue weighted by Gasteiger charge is 2.17. The van der Waals surface area contributed by atoms with E-state index in [4.69, 9.17) is 4.74 Å². The predicted octanol–water partition coefficient (Wildman–Crippen LogP) is 3.56. The number of amides is 2. The third kappa shape index (κ3) is 6.79. The maximum atomic E-state index is 12.0. The second-order valence-corrected chi connectivity index (χ2v) is 6.91. The van der Waals surface area contributed by atoms with Crippen LogP contribution in [0.3, 0.4) is 0 Å². The lowest BCUT2D eigenvalue weighted by Crippen LogP contribution is -2.40. The summed E-state index contributed by atoms with van der Waals surface area (Å²) in [6, 6.07) is 6.66. The van der Waals surface area contributed by atoms with Crippen LogP contribution in [0.5, 0.6) is 0 Å². The van der Waals surface area contributed by atoms with Gasteiger partial charge in [0.2, 0.25) is 0 Å². The van der Waals surface area contributed by atoms with Crippen LogP contribution in [0.25, 0.3) is 0 Å². The lowest BCUT2D eigenvalue weighted by Gasteiger charge is -2.21. The van der Waals surface area contributed by atoms with Gasteiger partial charge in [-0.3, -0.25) is 10.1 Å². The molecule has 0 aliphatic carbocycles. The van der Waals surface area contributed by atoms with Crippen LogP contribution in [0.1, 0.15) is 51.9 Å². The summed E-state index contributed by atoms with van der Waals surface area (Å²) in [7, 11) is 0. The average Bonchev–Trinajstić information content (AvgIpc) is 2.24. The third-order valence-corrected chi connectivity index (χ3v) is 2.28. The molecule has 0 unspecified atom stereocenters. The molecule has 0 atom stereocenters. The van der Waals surface area contributed by atoms with E-state index >= 15 is 0 Å². The first-order valence-corrected chi connectivity index (χ1v) is 6.89. The van der Waals surface area contributed by atoms with Gasteiger partial charge in [-0.1, -0.05) is 0 Å². The maximum Gasteiger partial charge on any atom is 0.412 e. The summed E-state index contributed by atoms with van der Waals surface area (Å²) >= 11 is 0. The standard InChI is InChI=1S/C16H24N2O3/c1-15(2,3)18-13(19)11-7-9-12(10-8-11)17-14(20)21-16(4,5)6/h7-10H,1-6H3,(H,17,20)(H,18,19). The summed E-state index contributed by atoms with van der Waals surface area (Å²) in [5.74, 6) is -0.147. The molecular weight excluding hydrogens is 268 g/mol. The summed E-state index contributed by atoms with van der Waals surface area (Å²) < 4.78 is 5.16. The molecule has 116 valence electrons. The van der Waals surface area contributed by atoms with Crippen LogP contribution >= 0.6 is 0 Å². The molecule has 2 amide bonds. The van der Waals surface area contributed by atoms with E-state index in [9.17, 15) is 9.59 Å². The van der Waals surface area contributed by atoms with Gasteiger partial charge in [0.1, 0.15) is 5.60 Å². The quantitative estimate of drug-likeness (QED) is 0.875. The van der Waals surface area contributed by atoms with Crippen molar-refractivity contribution in [1.82, 2.24) is 5.32 Å². The topological polar surface area (TPSA) is 67.4 Å². The molecule has 1 aromatic carbocycles. The Labute approximate surface area is 126 Å². The Hall–Kier alpha value is -2.04. The van der Waals surface area contributed by atoms with Gasteiger partial charge in [-0.15, -0.1) is 0 Å². The monoisotopic (exact) mass is 292 g/mol. The molecule has 2 N–H and O–H groups in total. The molecule has 0 saturated heterocycles. The number of hydrogen-bond donors (Lipinski definition) is 2. The average molecular weight is 292 g/mol. The first-order chi connectivity index (χ1) is 9.46. The Morgan fingerprint density at radius 2 is 1.48 bits per heavy atom. The minimum Gasteiger partial charge on any atom is -0.444 e. The highest BCUT2D eigenvalue weighted by molar-refractivity contribution is 5.95. The van der Waals surface area contributed by atoms with E-state index in [-0.39, 0.29) is 11.4 Å². The van der Waals surface area contributed by atoms with Gasteiger partial charge in [0.15, 0.2) is 0 Å². The van der Waals surface area contributed by atoms with Gasteiger partial charge in [0, 0.05) is 16.8 Å². The molecule has 0 bridgehead atoms. The fraction of sp³-hybridized carbons (Fsp3) is 0.500. The van der Waals surface area contributed by atoms with E-state index in [0.717, 1.165) is 0 Å². The van der Waals surface area contributed by atoms with Gasteiger partial charge >= 0.3 is 6.09 Å². The lowest BCUT2D eigenvalue weighted by molar-refractivity contribution is 0.0635. The number of nitrogens with one attached hydrogen (secondary N) is 2. The molecule has 5 heteroatoms. The number of anilines is 1. The van der Waals surface area contributed by atoms with Crippen LogP contribution in [-0.2, 0) is 4.74 Å². The molecule has 0 heterocycles. The lowest BCUT2D eigenvalue weighted by atomic mass is 10.1. The van der Waals surface area contributed by atoms with Gasteiger partial charge in [-0.2, -0.15) is 0 Å². The summed E-state index contributed by atoms with van der Waals surface area (Å²) in [5.41, 5.74) is 0.289. The van der Waals surface area contributed by atoms with Crippen molar-refractivity contribution in [3.8, 4) is 0 Å². The minimum absolute atomic E-state index is 0.147. The first kappa shape index (κ1) is 17.0. The zero-order valence-corrected chi connectivity index (χ0v) is 13.5. The SMILES string of the molecule is CC(C)(C)NC(=O)c1ccc(NC(=O)OC(C)(C)C)cc1. The number of hydrogen-bond acceptors (Lipinski definition) is 3. The minimum atomic E-state index is -0.545. The van der Waals surface area contributed by atoms with Crippen LogP contribution in [0.15, 0.2) is 24.3 Å². The molecule has 1 aromatic rings. The Kier molecular flexibility index (Phi) is 4.99. The van der Waals surface area contributed by atoms with Crippen LogP contribution < -0.4 is 10.6 Å². The Morgan fingerprint density at radius 1 is 0.952 bits per heavy atom. The van der Waals surface area contributed by atoms with Crippen LogP contribution in [0.4, 0.5) is 10.5 Å². The summed E-state index contributed by atoms with van der Waals surface area (Å²) in [5, 5.41) is 5.50. The van der Waals surface area contributed by atoms with Crippen molar-refractivity contribution >= 4 is 17.7 Å². The molecule has 21 heavy (non-hydrogen) atoms. The number of carbonyl (C=O) groups excluding carboxylic acids is 2. The second kappa shape index (κ2) is 6.16. The molecule has 5 nitrogen and oxygen atoms in total. The van der Waals surface area contributed by atoms with Crippen molar-refractivity contribution in [1.29, 1.82) is 0 Å². The van der Waals surface area contributed by atoms with Gasteiger partial charge in [0.25, 0.3) is 5.91 Å². The van der Waals surface area contributed by atoms with E-state index in [1.54, 1.807) is 45.0 Å². The maximum absolute atomic E-state index is 12.0. The van der Waals surface area contributed by atoms with Crippen molar-refractivity contribution in [2.75, 3.05) is 5.32 Å². The van der Waals surface area contributed by atoms with Gasteiger partial charge in [-0.05, 0) is 65.8 Å². The molecule has 0 spiro atoms. The zero-order chi connectivity index (χ0) is 16.3. The number of carbonyl (C=O) groups is 2. The predicted molar refractivity (Wildman–Crippen MR) is 83.5 cm³/mol. The molecule has 0 aromatic heterocycles. The van der Waals surface area contributed by atoms with E-state index in [1.165, 1.54) is 0 Å². The van der Waals surface area contributed by atoms with Crippen molar-refractivity contribution in [2.24, 2.45) is 0 Å². The number of benzene rings is 1. The van der Waals surface area contributed by atoms with Crippen molar-refractivity contribution in [3.63, 3.8) is 0 Å². The zero-order valence-electron chi connectivity index (χ0n) is 13.5. The van der Waals surface area contributed by atoms with E-state index < -0.39 is 11.7 Å². The fourth-order valence-corrected chi connectivity index (χ4v) is 1.54. The summed E-state index contributed by atoms with van der Waals surface area (Å²) in [6.07, 6.45) is -0.519. The first-order valence-electron chi connectivity index (χ1n) is 6.89. The van der Waals surface area contributed by atoms with Crippen LogP contribution in [0, 0.1) is 0 Å². The van der Waals surface area contributed by atoms with Crippen LogP contribution in [0.2, 0.25) is 0 Å². The number of ether oxygens (including phenoxy) is 1. The molecule has 0 saturated carbocycles. The summed E-state index contributed by atoms with van der Waals surface area (Å²) in [4.78, 5) is 23.6. The summed E-state index contributed by atoms with van der Waals surface area (Å²) in [6.45, 7) is 11.2. The smallest absolute Gasteiger partial charge is 0.412 e. The van der Waals surface area contributed by atoms with Crippen molar-refractivity contribution in [3.05, 3.63) is 29.8 Å². The highest BCUT2D eigenvalue weighted by atomic mass is 16.6.